The average Bonchev–Trinajstić information content (AvgIpc) is 3.01. The van der Waals surface area contributed by atoms with Crippen LogP contribution in [-0.2, 0) is 17.9 Å². The van der Waals surface area contributed by atoms with Crippen molar-refractivity contribution in [3.05, 3.63) is 35.4 Å². The molecule has 0 radical (unpaired) electrons. The molecule has 3 N–H and O–H groups in total. The Morgan fingerprint density at radius 1 is 1.20 bits per heavy atom. The Balaban J connectivity index is 1.80. The van der Waals surface area contributed by atoms with Gasteiger partial charge in [0.15, 0.2) is 0 Å². The SMILES string of the molecule is NCc1cccc(CN2C(=O)NC3(CCCC3)C2=O)c1. The van der Waals surface area contributed by atoms with Crippen LogP contribution in [0.3, 0.4) is 0 Å². The van der Waals surface area contributed by atoms with Crippen LogP contribution in [0.5, 0.6) is 0 Å². The Morgan fingerprint density at radius 2 is 1.90 bits per heavy atom. The van der Waals surface area contributed by atoms with Gasteiger partial charge in [0.25, 0.3) is 5.91 Å². The highest BCUT2D eigenvalue weighted by molar-refractivity contribution is 6.07. The number of urea groups is 1. The molecule has 1 aromatic rings. The van der Waals surface area contributed by atoms with Gasteiger partial charge in [-0.2, -0.15) is 0 Å². The molecule has 0 atom stereocenters. The van der Waals surface area contributed by atoms with Gasteiger partial charge >= 0.3 is 6.03 Å². The number of carbonyl (C=O) groups is 2. The molecule has 3 rings (SSSR count). The van der Waals surface area contributed by atoms with Crippen LogP contribution < -0.4 is 11.1 Å². The number of hydrogen-bond donors (Lipinski definition) is 2. The molecule has 5 heteroatoms. The fraction of sp³-hybridized carbons (Fsp3) is 0.467. The molecule has 1 aliphatic heterocycles. The van der Waals surface area contributed by atoms with Crippen molar-refractivity contribution < 1.29 is 9.59 Å². The molecule has 106 valence electrons. The van der Waals surface area contributed by atoms with Gasteiger partial charge in [-0.3, -0.25) is 9.69 Å². The van der Waals surface area contributed by atoms with Crippen molar-refractivity contribution in [3.8, 4) is 0 Å². The van der Waals surface area contributed by atoms with E-state index in [4.69, 9.17) is 5.73 Å². The Hall–Kier alpha value is -1.88. The number of nitrogens with zero attached hydrogens (tertiary/aromatic N) is 1. The summed E-state index contributed by atoms with van der Waals surface area (Å²) in [6.07, 6.45) is 3.53. The van der Waals surface area contributed by atoms with E-state index in [2.05, 4.69) is 5.32 Å². The van der Waals surface area contributed by atoms with Gasteiger partial charge in [0.05, 0.1) is 6.54 Å². The largest absolute Gasteiger partial charge is 0.326 e. The Labute approximate surface area is 118 Å². The molecule has 0 bridgehead atoms. The lowest BCUT2D eigenvalue weighted by atomic mass is 9.98. The van der Waals surface area contributed by atoms with E-state index in [1.165, 1.54) is 4.90 Å². The molecule has 1 saturated heterocycles. The first-order valence-electron chi connectivity index (χ1n) is 7.07. The number of benzene rings is 1. The lowest BCUT2D eigenvalue weighted by Gasteiger charge is -2.20. The fourth-order valence-corrected chi connectivity index (χ4v) is 3.17. The summed E-state index contributed by atoms with van der Waals surface area (Å²) in [5.41, 5.74) is 6.93. The van der Waals surface area contributed by atoms with E-state index in [1.807, 2.05) is 24.3 Å². The lowest BCUT2D eigenvalue weighted by molar-refractivity contribution is -0.131. The first kappa shape index (κ1) is 13.1. The molecule has 2 aliphatic rings. The monoisotopic (exact) mass is 273 g/mol. The molecule has 1 aromatic carbocycles. The molecule has 1 saturated carbocycles. The first-order valence-corrected chi connectivity index (χ1v) is 7.07. The quantitative estimate of drug-likeness (QED) is 0.820. The number of imide groups is 1. The summed E-state index contributed by atoms with van der Waals surface area (Å²) in [7, 11) is 0. The second-order valence-electron chi connectivity index (χ2n) is 5.63. The Kier molecular flexibility index (Phi) is 3.22. The highest BCUT2D eigenvalue weighted by Crippen LogP contribution is 2.35. The zero-order valence-corrected chi connectivity index (χ0v) is 11.4. The van der Waals surface area contributed by atoms with Gasteiger partial charge < -0.3 is 11.1 Å². The minimum atomic E-state index is -0.622. The molecular weight excluding hydrogens is 254 g/mol. The topological polar surface area (TPSA) is 75.4 Å². The third-order valence-corrected chi connectivity index (χ3v) is 4.27. The molecular formula is C15H19N3O2. The van der Waals surface area contributed by atoms with Crippen LogP contribution in [0.1, 0.15) is 36.8 Å². The fourth-order valence-electron chi connectivity index (χ4n) is 3.17. The van der Waals surface area contributed by atoms with Gasteiger partial charge in [-0.05, 0) is 24.0 Å². The van der Waals surface area contributed by atoms with Gasteiger partial charge in [-0.25, -0.2) is 4.79 Å². The molecule has 0 aromatic heterocycles. The minimum absolute atomic E-state index is 0.0712. The van der Waals surface area contributed by atoms with Crippen molar-refractivity contribution in [2.75, 3.05) is 0 Å². The maximum atomic E-state index is 12.5. The van der Waals surface area contributed by atoms with E-state index in [0.29, 0.717) is 13.1 Å². The molecule has 2 fully saturated rings. The minimum Gasteiger partial charge on any atom is -0.326 e. The molecule has 5 nitrogen and oxygen atoms in total. The molecule has 1 spiro atoms. The summed E-state index contributed by atoms with van der Waals surface area (Å²) >= 11 is 0. The summed E-state index contributed by atoms with van der Waals surface area (Å²) in [6, 6.07) is 7.43. The summed E-state index contributed by atoms with van der Waals surface area (Å²) in [4.78, 5) is 25.9. The molecule has 0 unspecified atom stereocenters. The van der Waals surface area contributed by atoms with Gasteiger partial charge in [-0.1, -0.05) is 37.1 Å². The van der Waals surface area contributed by atoms with E-state index in [-0.39, 0.29) is 11.9 Å². The third-order valence-electron chi connectivity index (χ3n) is 4.27. The number of nitrogens with two attached hydrogens (primary N) is 1. The molecule has 3 amide bonds. The smallest absolute Gasteiger partial charge is 0.325 e. The van der Waals surface area contributed by atoms with E-state index < -0.39 is 5.54 Å². The van der Waals surface area contributed by atoms with Crippen molar-refractivity contribution in [3.63, 3.8) is 0 Å². The zero-order valence-electron chi connectivity index (χ0n) is 11.4. The van der Waals surface area contributed by atoms with Gasteiger partial charge in [0, 0.05) is 6.54 Å². The van der Waals surface area contributed by atoms with Crippen LogP contribution in [0.4, 0.5) is 4.79 Å². The van der Waals surface area contributed by atoms with E-state index in [0.717, 1.165) is 36.8 Å². The number of carbonyl (C=O) groups excluding carboxylic acids is 2. The van der Waals surface area contributed by atoms with Gasteiger partial charge in [0.1, 0.15) is 5.54 Å². The molecule has 1 aliphatic carbocycles. The first-order chi connectivity index (χ1) is 9.64. The second-order valence-corrected chi connectivity index (χ2v) is 5.63. The third kappa shape index (κ3) is 2.08. The van der Waals surface area contributed by atoms with Crippen LogP contribution in [0.2, 0.25) is 0 Å². The average molecular weight is 273 g/mol. The number of amides is 3. The maximum Gasteiger partial charge on any atom is 0.325 e. The van der Waals surface area contributed by atoms with Crippen molar-refractivity contribution in [2.24, 2.45) is 5.73 Å². The van der Waals surface area contributed by atoms with Gasteiger partial charge in [0.2, 0.25) is 0 Å². The van der Waals surface area contributed by atoms with Crippen LogP contribution >= 0.6 is 0 Å². The van der Waals surface area contributed by atoms with Crippen LogP contribution in [0, 0.1) is 0 Å². The van der Waals surface area contributed by atoms with Crippen LogP contribution in [0.25, 0.3) is 0 Å². The maximum absolute atomic E-state index is 12.5. The Morgan fingerprint density at radius 3 is 2.60 bits per heavy atom. The van der Waals surface area contributed by atoms with E-state index in [9.17, 15) is 9.59 Å². The summed E-state index contributed by atoms with van der Waals surface area (Å²) < 4.78 is 0. The highest BCUT2D eigenvalue weighted by Gasteiger charge is 2.52. The number of nitrogens with one attached hydrogen (secondary N) is 1. The van der Waals surface area contributed by atoms with Gasteiger partial charge in [-0.15, -0.1) is 0 Å². The molecule has 1 heterocycles. The predicted octanol–water partition coefficient (Wildman–Crippen LogP) is 1.51. The van der Waals surface area contributed by atoms with Crippen LogP contribution in [0.15, 0.2) is 24.3 Å². The number of rotatable bonds is 3. The zero-order chi connectivity index (χ0) is 14.2. The summed E-state index contributed by atoms with van der Waals surface area (Å²) in [5, 5.41) is 2.89. The van der Waals surface area contributed by atoms with Crippen molar-refractivity contribution in [1.82, 2.24) is 10.2 Å². The predicted molar refractivity (Wildman–Crippen MR) is 74.6 cm³/mol. The highest BCUT2D eigenvalue weighted by atomic mass is 16.2. The molecule has 20 heavy (non-hydrogen) atoms. The van der Waals surface area contributed by atoms with E-state index >= 15 is 0 Å². The van der Waals surface area contributed by atoms with E-state index in [1.54, 1.807) is 0 Å². The number of hydrogen-bond acceptors (Lipinski definition) is 3. The lowest BCUT2D eigenvalue weighted by Crippen LogP contribution is -2.44. The second kappa shape index (κ2) is 4.90. The Bertz CT molecular complexity index is 550. The normalized spacial score (nSPS) is 20.8. The summed E-state index contributed by atoms with van der Waals surface area (Å²) in [6.45, 7) is 0.776. The van der Waals surface area contributed by atoms with Crippen LogP contribution in [-0.4, -0.2) is 22.4 Å². The van der Waals surface area contributed by atoms with Crippen molar-refractivity contribution >= 4 is 11.9 Å². The standard InChI is InChI=1S/C15H19N3O2/c16-9-11-4-3-5-12(8-11)10-18-13(19)15(17-14(18)20)6-1-2-7-15/h3-5,8H,1-2,6-7,9-10,16H2,(H,17,20). The summed E-state index contributed by atoms with van der Waals surface area (Å²) in [5.74, 6) is -0.0712. The van der Waals surface area contributed by atoms with Crippen molar-refractivity contribution in [1.29, 1.82) is 0 Å². The van der Waals surface area contributed by atoms with Crippen molar-refractivity contribution in [2.45, 2.75) is 44.3 Å².